The van der Waals surface area contributed by atoms with E-state index in [1.807, 2.05) is 31.2 Å². The highest BCUT2D eigenvalue weighted by Crippen LogP contribution is 2.23. The lowest BCUT2D eigenvalue weighted by atomic mass is 10.2. The maximum absolute atomic E-state index is 11.1. The van der Waals surface area contributed by atoms with Crippen molar-refractivity contribution in [3.05, 3.63) is 28.7 Å². The number of halogens is 1. The summed E-state index contributed by atoms with van der Waals surface area (Å²) in [7, 11) is 0. The number of nitrogens with two attached hydrogens (primary N) is 1. The zero-order valence-electron chi connectivity index (χ0n) is 8.37. The van der Waals surface area contributed by atoms with Crippen LogP contribution in [0.3, 0.4) is 0 Å². The maximum Gasteiger partial charge on any atom is 0.237 e. The SMILES string of the molecule is CC(CSc1cccc(Br)c1)C(=O)NN. The molecular formula is C10H13BrN2OS. The molecule has 0 spiro atoms. The van der Waals surface area contributed by atoms with Crippen LogP contribution in [0.25, 0.3) is 0 Å². The van der Waals surface area contributed by atoms with Crippen molar-refractivity contribution in [2.45, 2.75) is 11.8 Å². The molecule has 0 aliphatic heterocycles. The van der Waals surface area contributed by atoms with Crippen LogP contribution in [-0.2, 0) is 4.79 Å². The first kappa shape index (κ1) is 12.5. The quantitative estimate of drug-likeness (QED) is 0.386. The fourth-order valence-electron chi connectivity index (χ4n) is 0.996. The van der Waals surface area contributed by atoms with Crippen LogP contribution in [-0.4, -0.2) is 11.7 Å². The van der Waals surface area contributed by atoms with Crippen molar-refractivity contribution < 1.29 is 4.79 Å². The molecule has 0 saturated carbocycles. The van der Waals surface area contributed by atoms with Crippen molar-refractivity contribution >= 4 is 33.6 Å². The molecular weight excluding hydrogens is 276 g/mol. The average molecular weight is 289 g/mol. The van der Waals surface area contributed by atoms with Gasteiger partial charge in [-0.15, -0.1) is 11.8 Å². The molecule has 0 fully saturated rings. The lowest BCUT2D eigenvalue weighted by Gasteiger charge is -2.08. The van der Waals surface area contributed by atoms with Gasteiger partial charge in [0.05, 0.1) is 0 Å². The molecule has 82 valence electrons. The molecule has 0 bridgehead atoms. The van der Waals surface area contributed by atoms with Crippen LogP contribution < -0.4 is 11.3 Å². The van der Waals surface area contributed by atoms with E-state index in [4.69, 9.17) is 5.84 Å². The van der Waals surface area contributed by atoms with Crippen LogP contribution in [0, 0.1) is 5.92 Å². The van der Waals surface area contributed by atoms with E-state index >= 15 is 0 Å². The Morgan fingerprint density at radius 1 is 1.67 bits per heavy atom. The zero-order valence-corrected chi connectivity index (χ0v) is 10.8. The van der Waals surface area contributed by atoms with E-state index in [0.717, 1.165) is 15.1 Å². The molecule has 0 aromatic heterocycles. The predicted molar refractivity (Wildman–Crippen MR) is 66.4 cm³/mol. The van der Waals surface area contributed by atoms with Gasteiger partial charge in [0.1, 0.15) is 0 Å². The summed E-state index contributed by atoms with van der Waals surface area (Å²) in [5, 5.41) is 0. The molecule has 0 saturated heterocycles. The fourth-order valence-corrected chi connectivity index (χ4v) is 2.53. The Morgan fingerprint density at radius 2 is 2.40 bits per heavy atom. The summed E-state index contributed by atoms with van der Waals surface area (Å²) >= 11 is 5.04. The highest BCUT2D eigenvalue weighted by atomic mass is 79.9. The fraction of sp³-hybridized carbons (Fsp3) is 0.300. The summed E-state index contributed by atoms with van der Waals surface area (Å²) < 4.78 is 1.04. The third-order valence-corrected chi connectivity index (χ3v) is 3.63. The molecule has 3 N–H and O–H groups in total. The van der Waals surface area contributed by atoms with Gasteiger partial charge in [-0.3, -0.25) is 10.2 Å². The first-order chi connectivity index (χ1) is 7.13. The Kier molecular flexibility index (Phi) is 5.14. The highest BCUT2D eigenvalue weighted by molar-refractivity contribution is 9.10. The Balaban J connectivity index is 2.47. The van der Waals surface area contributed by atoms with E-state index in [0.29, 0.717) is 0 Å². The summed E-state index contributed by atoms with van der Waals surface area (Å²) in [4.78, 5) is 12.3. The molecule has 0 radical (unpaired) electrons. The second-order valence-electron chi connectivity index (χ2n) is 3.18. The van der Waals surface area contributed by atoms with E-state index in [1.54, 1.807) is 11.8 Å². The lowest BCUT2D eigenvalue weighted by Crippen LogP contribution is -2.35. The number of carbonyl (C=O) groups excluding carboxylic acids is 1. The average Bonchev–Trinajstić information content (AvgIpc) is 2.25. The summed E-state index contributed by atoms with van der Waals surface area (Å²) in [6.07, 6.45) is 0. The van der Waals surface area contributed by atoms with Crippen LogP contribution in [0.1, 0.15) is 6.92 Å². The van der Waals surface area contributed by atoms with E-state index < -0.39 is 0 Å². The molecule has 1 rings (SSSR count). The number of benzene rings is 1. The summed E-state index contributed by atoms with van der Waals surface area (Å²) in [6.45, 7) is 1.85. The number of hydrogen-bond donors (Lipinski definition) is 2. The molecule has 1 atom stereocenters. The van der Waals surface area contributed by atoms with Crippen LogP contribution in [0.15, 0.2) is 33.6 Å². The predicted octanol–water partition coefficient (Wildman–Crippen LogP) is 2.17. The van der Waals surface area contributed by atoms with E-state index in [-0.39, 0.29) is 11.8 Å². The number of rotatable bonds is 4. The minimum Gasteiger partial charge on any atom is -0.294 e. The van der Waals surface area contributed by atoms with Gasteiger partial charge in [-0.1, -0.05) is 28.9 Å². The second kappa shape index (κ2) is 6.15. The minimum absolute atomic E-state index is 0.0843. The van der Waals surface area contributed by atoms with Crippen LogP contribution in [0.2, 0.25) is 0 Å². The van der Waals surface area contributed by atoms with Gasteiger partial charge >= 0.3 is 0 Å². The third kappa shape index (κ3) is 4.24. The molecule has 1 aromatic carbocycles. The number of carbonyl (C=O) groups is 1. The van der Waals surface area contributed by atoms with Gasteiger partial charge < -0.3 is 0 Å². The second-order valence-corrected chi connectivity index (χ2v) is 5.19. The normalized spacial score (nSPS) is 12.2. The smallest absolute Gasteiger partial charge is 0.237 e. The molecule has 15 heavy (non-hydrogen) atoms. The highest BCUT2D eigenvalue weighted by Gasteiger charge is 2.11. The molecule has 5 heteroatoms. The van der Waals surface area contributed by atoms with Gasteiger partial charge in [-0.25, -0.2) is 5.84 Å². The largest absolute Gasteiger partial charge is 0.294 e. The molecule has 3 nitrogen and oxygen atoms in total. The van der Waals surface area contributed by atoms with Gasteiger partial charge in [0, 0.05) is 21.0 Å². The van der Waals surface area contributed by atoms with Crippen molar-refractivity contribution in [2.75, 3.05) is 5.75 Å². The number of hydrogen-bond acceptors (Lipinski definition) is 3. The molecule has 0 aliphatic carbocycles. The Labute approximate surface area is 102 Å². The third-order valence-electron chi connectivity index (χ3n) is 1.89. The molecule has 1 aromatic rings. The number of nitrogens with one attached hydrogen (secondary N) is 1. The summed E-state index contributed by atoms with van der Waals surface area (Å²) in [5.74, 6) is 5.56. The number of amides is 1. The van der Waals surface area contributed by atoms with Crippen LogP contribution in [0.4, 0.5) is 0 Å². The van der Waals surface area contributed by atoms with Gasteiger partial charge in [-0.2, -0.15) is 0 Å². The molecule has 1 amide bonds. The number of thioether (sulfide) groups is 1. The van der Waals surface area contributed by atoms with Crippen molar-refractivity contribution in [2.24, 2.45) is 11.8 Å². The first-order valence-electron chi connectivity index (χ1n) is 4.52. The number of hydrazine groups is 1. The van der Waals surface area contributed by atoms with Gasteiger partial charge in [0.15, 0.2) is 0 Å². The van der Waals surface area contributed by atoms with Gasteiger partial charge in [0.25, 0.3) is 0 Å². The van der Waals surface area contributed by atoms with Crippen LogP contribution >= 0.6 is 27.7 Å². The molecule has 0 heterocycles. The maximum atomic E-state index is 11.1. The minimum atomic E-state index is -0.127. The summed E-state index contributed by atoms with van der Waals surface area (Å²) in [5.41, 5.74) is 2.15. The standard InChI is InChI=1S/C10H13BrN2OS/c1-7(10(14)13-12)6-15-9-4-2-3-8(11)5-9/h2-5,7H,6,12H2,1H3,(H,13,14). The van der Waals surface area contributed by atoms with E-state index in [1.165, 1.54) is 0 Å². The van der Waals surface area contributed by atoms with Gasteiger partial charge in [-0.05, 0) is 18.2 Å². The van der Waals surface area contributed by atoms with Crippen molar-refractivity contribution in [3.8, 4) is 0 Å². The Hall–Kier alpha value is -0.520. The molecule has 0 aliphatic rings. The summed E-state index contributed by atoms with van der Waals surface area (Å²) in [6, 6.07) is 7.99. The topological polar surface area (TPSA) is 55.1 Å². The first-order valence-corrected chi connectivity index (χ1v) is 6.30. The Bertz CT molecular complexity index is 346. The molecule has 1 unspecified atom stereocenters. The van der Waals surface area contributed by atoms with E-state index in [9.17, 15) is 4.79 Å². The van der Waals surface area contributed by atoms with Crippen LogP contribution in [0.5, 0.6) is 0 Å². The van der Waals surface area contributed by atoms with Gasteiger partial charge in [0.2, 0.25) is 5.91 Å². The monoisotopic (exact) mass is 288 g/mol. The van der Waals surface area contributed by atoms with E-state index in [2.05, 4.69) is 21.4 Å². The van der Waals surface area contributed by atoms with Crippen molar-refractivity contribution in [3.63, 3.8) is 0 Å². The van der Waals surface area contributed by atoms with Crippen molar-refractivity contribution in [1.82, 2.24) is 5.43 Å². The zero-order chi connectivity index (χ0) is 11.3. The lowest BCUT2D eigenvalue weighted by molar-refractivity contribution is -0.123. The Morgan fingerprint density at radius 3 is 3.00 bits per heavy atom. The van der Waals surface area contributed by atoms with Crippen molar-refractivity contribution in [1.29, 1.82) is 0 Å².